The van der Waals surface area contributed by atoms with Crippen LogP contribution < -0.4 is 9.47 Å². The van der Waals surface area contributed by atoms with Crippen LogP contribution in [0.2, 0.25) is 0 Å². The van der Waals surface area contributed by atoms with E-state index in [9.17, 15) is 19.2 Å². The van der Waals surface area contributed by atoms with Crippen LogP contribution >= 0.6 is 0 Å². The molecule has 0 atom stereocenters. The molecule has 0 bridgehead atoms. The number of aliphatic carboxylic acids is 3. The third kappa shape index (κ3) is 4.99. The highest BCUT2D eigenvalue weighted by Gasteiger charge is 2.23. The Morgan fingerprint density at radius 2 is 1.65 bits per heavy atom. The van der Waals surface area contributed by atoms with Gasteiger partial charge in [-0.2, -0.15) is 0 Å². The number of carbonyl (C=O) groups excluding carboxylic acids is 1. The zero-order valence-electron chi connectivity index (χ0n) is 12.1. The monoisotopic (exact) mass is 326 g/mol. The average molecular weight is 326 g/mol. The highest BCUT2D eigenvalue weighted by Crippen LogP contribution is 2.34. The second-order valence-electron chi connectivity index (χ2n) is 4.37. The standard InChI is InChI=1S/C14H14O9/c1-22-14-8(4-11(16)17)7(9(15)5-12(18)19)2-3-10(14)23-6-13(20)21/h2-3H,4-6H2,1H3,(H,16,17)(H,18,19)(H,20,21). The fourth-order valence-electron chi connectivity index (χ4n) is 1.90. The number of carboxylic acids is 3. The van der Waals surface area contributed by atoms with Crippen molar-refractivity contribution in [3.63, 3.8) is 0 Å². The number of ketones is 1. The molecule has 1 aromatic carbocycles. The minimum atomic E-state index is -1.36. The SMILES string of the molecule is COc1c(OCC(=O)O)ccc(C(=O)CC(=O)O)c1CC(=O)O. The molecule has 124 valence electrons. The predicted octanol–water partition coefficient (Wildman–Crippen LogP) is 0.443. The molecule has 0 heterocycles. The molecule has 0 aliphatic carbocycles. The molecule has 9 heteroatoms. The average Bonchev–Trinajstić information content (AvgIpc) is 2.43. The number of carbonyl (C=O) groups is 4. The van der Waals surface area contributed by atoms with Crippen molar-refractivity contribution in [1.29, 1.82) is 0 Å². The molecule has 0 aliphatic heterocycles. The largest absolute Gasteiger partial charge is 0.493 e. The fourth-order valence-corrected chi connectivity index (χ4v) is 1.90. The van der Waals surface area contributed by atoms with Crippen molar-refractivity contribution < 1.29 is 44.0 Å². The summed E-state index contributed by atoms with van der Waals surface area (Å²) in [5, 5.41) is 26.3. The smallest absolute Gasteiger partial charge is 0.341 e. The van der Waals surface area contributed by atoms with Gasteiger partial charge in [-0.15, -0.1) is 0 Å². The van der Waals surface area contributed by atoms with Gasteiger partial charge in [0.25, 0.3) is 0 Å². The molecule has 23 heavy (non-hydrogen) atoms. The van der Waals surface area contributed by atoms with E-state index in [-0.39, 0.29) is 22.6 Å². The normalized spacial score (nSPS) is 9.96. The number of methoxy groups -OCH3 is 1. The van der Waals surface area contributed by atoms with E-state index in [1.54, 1.807) is 0 Å². The maximum Gasteiger partial charge on any atom is 0.341 e. The van der Waals surface area contributed by atoms with Crippen molar-refractivity contribution in [1.82, 2.24) is 0 Å². The van der Waals surface area contributed by atoms with Crippen LogP contribution in [0, 0.1) is 0 Å². The van der Waals surface area contributed by atoms with E-state index in [0.29, 0.717) is 0 Å². The zero-order chi connectivity index (χ0) is 17.6. The molecule has 0 saturated carbocycles. The number of rotatable bonds is 9. The molecule has 0 fully saturated rings. The van der Waals surface area contributed by atoms with Gasteiger partial charge in [-0.05, 0) is 12.1 Å². The topological polar surface area (TPSA) is 147 Å². The molecule has 0 aromatic heterocycles. The lowest BCUT2D eigenvalue weighted by atomic mass is 9.97. The first-order valence-electron chi connectivity index (χ1n) is 6.27. The van der Waals surface area contributed by atoms with Gasteiger partial charge in [0.1, 0.15) is 6.42 Å². The molecule has 1 aromatic rings. The molecular weight excluding hydrogens is 312 g/mol. The number of benzene rings is 1. The molecule has 0 saturated heterocycles. The van der Waals surface area contributed by atoms with E-state index < -0.39 is 43.1 Å². The third-order valence-electron chi connectivity index (χ3n) is 2.72. The Kier molecular flexibility index (Phi) is 6.07. The van der Waals surface area contributed by atoms with Crippen LogP contribution in [-0.4, -0.2) is 52.7 Å². The van der Waals surface area contributed by atoms with E-state index in [0.717, 1.165) is 0 Å². The number of carboxylic acid groups (broad SMARTS) is 3. The van der Waals surface area contributed by atoms with Crippen molar-refractivity contribution in [3.05, 3.63) is 23.3 Å². The van der Waals surface area contributed by atoms with Crippen LogP contribution in [0.5, 0.6) is 11.5 Å². The van der Waals surface area contributed by atoms with Crippen molar-refractivity contribution in [2.45, 2.75) is 12.8 Å². The maximum absolute atomic E-state index is 11.9. The van der Waals surface area contributed by atoms with Crippen molar-refractivity contribution in [3.8, 4) is 11.5 Å². The van der Waals surface area contributed by atoms with E-state index in [4.69, 9.17) is 24.8 Å². The number of hydrogen-bond acceptors (Lipinski definition) is 6. The number of hydrogen-bond donors (Lipinski definition) is 3. The summed E-state index contributed by atoms with van der Waals surface area (Å²) in [6.45, 7) is -0.689. The van der Waals surface area contributed by atoms with Gasteiger partial charge in [0, 0.05) is 11.1 Å². The summed E-state index contributed by atoms with van der Waals surface area (Å²) < 4.78 is 10.0. The zero-order valence-corrected chi connectivity index (χ0v) is 12.1. The minimum Gasteiger partial charge on any atom is -0.493 e. The van der Waals surface area contributed by atoms with Gasteiger partial charge < -0.3 is 24.8 Å². The van der Waals surface area contributed by atoms with Gasteiger partial charge in [-0.3, -0.25) is 14.4 Å². The van der Waals surface area contributed by atoms with Crippen molar-refractivity contribution >= 4 is 23.7 Å². The fraction of sp³-hybridized carbons (Fsp3) is 0.286. The van der Waals surface area contributed by atoms with Crippen LogP contribution in [0.4, 0.5) is 0 Å². The first-order valence-corrected chi connectivity index (χ1v) is 6.27. The molecule has 0 unspecified atom stereocenters. The van der Waals surface area contributed by atoms with Crippen LogP contribution in [0.15, 0.2) is 12.1 Å². The van der Waals surface area contributed by atoms with Crippen LogP contribution in [-0.2, 0) is 20.8 Å². The van der Waals surface area contributed by atoms with Gasteiger partial charge in [-0.1, -0.05) is 0 Å². The van der Waals surface area contributed by atoms with Crippen LogP contribution in [0.1, 0.15) is 22.3 Å². The van der Waals surface area contributed by atoms with Gasteiger partial charge in [0.15, 0.2) is 23.9 Å². The Morgan fingerprint density at radius 3 is 2.13 bits per heavy atom. The summed E-state index contributed by atoms with van der Waals surface area (Å²) in [6.07, 6.45) is -1.43. The van der Waals surface area contributed by atoms with Gasteiger partial charge in [0.2, 0.25) is 0 Å². The lowest BCUT2D eigenvalue weighted by Crippen LogP contribution is -2.15. The Morgan fingerprint density at radius 1 is 1.00 bits per heavy atom. The highest BCUT2D eigenvalue weighted by molar-refractivity contribution is 6.07. The highest BCUT2D eigenvalue weighted by atomic mass is 16.5. The van der Waals surface area contributed by atoms with Crippen molar-refractivity contribution in [2.75, 3.05) is 13.7 Å². The summed E-state index contributed by atoms with van der Waals surface area (Å²) in [7, 11) is 1.19. The first kappa shape index (κ1) is 18.0. The van der Waals surface area contributed by atoms with E-state index in [1.165, 1.54) is 19.2 Å². The minimum absolute atomic E-state index is 0.0574. The first-order chi connectivity index (χ1) is 10.8. The van der Waals surface area contributed by atoms with Crippen LogP contribution in [0.3, 0.4) is 0 Å². The Hall–Kier alpha value is -3.10. The molecular formula is C14H14O9. The van der Waals surface area contributed by atoms with E-state index in [2.05, 4.69) is 0 Å². The molecule has 1 rings (SSSR count). The summed E-state index contributed by atoms with van der Waals surface area (Å²) >= 11 is 0. The predicted molar refractivity (Wildman–Crippen MR) is 74.0 cm³/mol. The Bertz CT molecular complexity index is 648. The second-order valence-corrected chi connectivity index (χ2v) is 4.37. The summed E-state index contributed by atoms with van der Waals surface area (Å²) in [5.74, 6) is -4.86. The van der Waals surface area contributed by atoms with E-state index in [1.807, 2.05) is 0 Å². The second kappa shape index (κ2) is 7.78. The lowest BCUT2D eigenvalue weighted by Gasteiger charge is -2.15. The number of ether oxygens (including phenoxy) is 2. The van der Waals surface area contributed by atoms with Crippen LogP contribution in [0.25, 0.3) is 0 Å². The maximum atomic E-state index is 11.9. The summed E-state index contributed by atoms with van der Waals surface area (Å²) in [4.78, 5) is 44.1. The van der Waals surface area contributed by atoms with Gasteiger partial charge in [0.05, 0.1) is 13.5 Å². The van der Waals surface area contributed by atoms with Gasteiger partial charge >= 0.3 is 17.9 Å². The van der Waals surface area contributed by atoms with Crippen molar-refractivity contribution in [2.24, 2.45) is 0 Å². The quantitative estimate of drug-likeness (QED) is 0.434. The number of Topliss-reactive ketones (excluding diaryl/α,β-unsaturated/α-hetero) is 1. The van der Waals surface area contributed by atoms with Gasteiger partial charge in [-0.25, -0.2) is 4.79 Å². The Labute approximate surface area is 130 Å². The summed E-state index contributed by atoms with van der Waals surface area (Å²) in [5.41, 5.74) is -0.205. The molecule has 9 nitrogen and oxygen atoms in total. The molecule has 3 N–H and O–H groups in total. The molecule has 0 spiro atoms. The molecule has 0 aliphatic rings. The Balaban J connectivity index is 3.35. The summed E-state index contributed by atoms with van der Waals surface area (Å²) in [6, 6.07) is 2.41. The molecule has 0 radical (unpaired) electrons. The van der Waals surface area contributed by atoms with E-state index >= 15 is 0 Å². The molecule has 0 amide bonds. The third-order valence-corrected chi connectivity index (χ3v) is 2.72. The lowest BCUT2D eigenvalue weighted by molar-refractivity contribution is -0.139.